The van der Waals surface area contributed by atoms with Gasteiger partial charge in [-0.05, 0) is 36.1 Å². The van der Waals surface area contributed by atoms with E-state index in [-0.39, 0.29) is 35.2 Å². The van der Waals surface area contributed by atoms with Crippen LogP contribution in [-0.4, -0.2) is 44.9 Å². The molecule has 1 aliphatic heterocycles. The van der Waals surface area contributed by atoms with Gasteiger partial charge in [0, 0.05) is 32.1 Å². The maximum absolute atomic E-state index is 12.9. The van der Waals surface area contributed by atoms with Crippen molar-refractivity contribution < 1.29 is 17.6 Å². The Kier molecular flexibility index (Phi) is 5.62. The maximum atomic E-state index is 12.9. The van der Waals surface area contributed by atoms with Gasteiger partial charge in [-0.25, -0.2) is 17.5 Å². The second kappa shape index (κ2) is 7.16. The minimum atomic E-state index is -3.74. The van der Waals surface area contributed by atoms with Gasteiger partial charge in [0.05, 0.1) is 4.90 Å². The van der Waals surface area contributed by atoms with E-state index in [1.807, 2.05) is 13.8 Å². The zero-order chi connectivity index (χ0) is 18.0. The Labute approximate surface area is 142 Å². The van der Waals surface area contributed by atoms with E-state index in [1.165, 1.54) is 12.1 Å². The van der Waals surface area contributed by atoms with Gasteiger partial charge in [0.2, 0.25) is 15.9 Å². The van der Waals surface area contributed by atoms with Crippen molar-refractivity contribution >= 4 is 15.9 Å². The number of benzene rings is 1. The Morgan fingerprint density at radius 2 is 2.00 bits per heavy atom. The molecule has 24 heavy (non-hydrogen) atoms. The molecule has 0 bridgehead atoms. The SMILES string of the molecule is CC1(C)CN(C(=O)CCNS(=O)(=O)c2ccc(F)cc2)CCC1N. The number of hydrogen-bond donors (Lipinski definition) is 2. The highest BCUT2D eigenvalue weighted by atomic mass is 32.2. The van der Waals surface area contributed by atoms with Crippen molar-refractivity contribution in [2.75, 3.05) is 19.6 Å². The number of likely N-dealkylation sites (tertiary alicyclic amines) is 1. The van der Waals surface area contributed by atoms with Crippen molar-refractivity contribution in [1.29, 1.82) is 0 Å². The van der Waals surface area contributed by atoms with Crippen molar-refractivity contribution in [1.82, 2.24) is 9.62 Å². The van der Waals surface area contributed by atoms with Gasteiger partial charge in [-0.3, -0.25) is 4.79 Å². The first-order valence-corrected chi connectivity index (χ1v) is 9.39. The van der Waals surface area contributed by atoms with Crippen molar-refractivity contribution in [3.8, 4) is 0 Å². The first-order chi connectivity index (χ1) is 11.1. The molecule has 1 amide bonds. The van der Waals surface area contributed by atoms with Crippen molar-refractivity contribution in [2.24, 2.45) is 11.1 Å². The first-order valence-electron chi connectivity index (χ1n) is 7.90. The fourth-order valence-corrected chi connectivity index (χ4v) is 3.77. The van der Waals surface area contributed by atoms with Gasteiger partial charge < -0.3 is 10.6 Å². The molecule has 8 heteroatoms. The maximum Gasteiger partial charge on any atom is 0.240 e. The Balaban J connectivity index is 1.87. The largest absolute Gasteiger partial charge is 0.342 e. The predicted octanol–water partition coefficient (Wildman–Crippen LogP) is 1.08. The fraction of sp³-hybridized carbons (Fsp3) is 0.562. The number of carbonyl (C=O) groups is 1. The number of nitrogens with two attached hydrogens (primary N) is 1. The molecule has 1 aliphatic rings. The molecule has 1 saturated heterocycles. The van der Waals surface area contributed by atoms with E-state index in [0.717, 1.165) is 18.6 Å². The molecule has 1 unspecified atom stereocenters. The summed E-state index contributed by atoms with van der Waals surface area (Å²) in [5.41, 5.74) is 5.90. The number of amides is 1. The first kappa shape index (κ1) is 18.8. The lowest BCUT2D eigenvalue weighted by atomic mass is 9.79. The summed E-state index contributed by atoms with van der Waals surface area (Å²) in [5.74, 6) is -0.605. The van der Waals surface area contributed by atoms with Crippen LogP contribution in [0.1, 0.15) is 26.7 Å². The van der Waals surface area contributed by atoms with Crippen LogP contribution in [0.25, 0.3) is 0 Å². The standard InChI is InChI=1S/C16H24FN3O3S/c1-16(2)11-20(10-8-14(16)18)15(21)7-9-19-24(22,23)13-5-3-12(17)4-6-13/h3-6,14,19H,7-11,18H2,1-2H3. The van der Waals surface area contributed by atoms with Gasteiger partial charge in [-0.2, -0.15) is 0 Å². The molecular weight excluding hydrogens is 333 g/mol. The Morgan fingerprint density at radius 3 is 2.58 bits per heavy atom. The van der Waals surface area contributed by atoms with Crippen LogP contribution in [-0.2, 0) is 14.8 Å². The van der Waals surface area contributed by atoms with Crippen LogP contribution >= 0.6 is 0 Å². The predicted molar refractivity (Wildman–Crippen MR) is 89.2 cm³/mol. The zero-order valence-electron chi connectivity index (χ0n) is 14.0. The summed E-state index contributed by atoms with van der Waals surface area (Å²) < 4.78 is 39.4. The Hall–Kier alpha value is -1.51. The summed E-state index contributed by atoms with van der Waals surface area (Å²) in [5, 5.41) is 0. The fourth-order valence-electron chi connectivity index (χ4n) is 2.73. The number of carbonyl (C=O) groups excluding carboxylic acids is 1. The zero-order valence-corrected chi connectivity index (χ0v) is 14.8. The number of nitrogens with one attached hydrogen (secondary N) is 1. The molecule has 1 heterocycles. The number of halogens is 1. The third-order valence-electron chi connectivity index (χ3n) is 4.42. The lowest BCUT2D eigenvalue weighted by Crippen LogP contribution is -2.54. The molecule has 1 aromatic carbocycles. The smallest absolute Gasteiger partial charge is 0.240 e. The van der Waals surface area contributed by atoms with Gasteiger partial charge >= 0.3 is 0 Å². The molecule has 0 aromatic heterocycles. The normalized spacial score (nSPS) is 20.8. The Bertz CT molecular complexity index is 689. The average molecular weight is 357 g/mol. The van der Waals surface area contributed by atoms with Gasteiger partial charge in [0.1, 0.15) is 5.82 Å². The average Bonchev–Trinajstić information content (AvgIpc) is 2.50. The number of rotatable bonds is 5. The summed E-state index contributed by atoms with van der Waals surface area (Å²) >= 11 is 0. The van der Waals surface area contributed by atoms with Gasteiger partial charge in [0.25, 0.3) is 0 Å². The Morgan fingerprint density at radius 1 is 1.38 bits per heavy atom. The second-order valence-corrected chi connectivity index (χ2v) is 8.57. The summed E-state index contributed by atoms with van der Waals surface area (Å²) in [4.78, 5) is 14.0. The minimum Gasteiger partial charge on any atom is -0.342 e. The summed E-state index contributed by atoms with van der Waals surface area (Å²) in [6.45, 7) is 5.20. The molecule has 0 saturated carbocycles. The van der Waals surface area contributed by atoms with Crippen LogP contribution in [0.3, 0.4) is 0 Å². The third kappa shape index (κ3) is 4.52. The van der Waals surface area contributed by atoms with E-state index in [4.69, 9.17) is 5.73 Å². The van der Waals surface area contributed by atoms with Crippen LogP contribution in [0.15, 0.2) is 29.2 Å². The topological polar surface area (TPSA) is 92.5 Å². The van der Waals surface area contributed by atoms with Crippen LogP contribution in [0.5, 0.6) is 0 Å². The lowest BCUT2D eigenvalue weighted by molar-refractivity contribution is -0.134. The van der Waals surface area contributed by atoms with Crippen LogP contribution < -0.4 is 10.5 Å². The van der Waals surface area contributed by atoms with Crippen molar-refractivity contribution in [2.45, 2.75) is 37.6 Å². The highest BCUT2D eigenvalue weighted by Gasteiger charge is 2.35. The molecule has 1 atom stereocenters. The number of piperidine rings is 1. The van der Waals surface area contributed by atoms with Crippen LogP contribution in [0.2, 0.25) is 0 Å². The second-order valence-electron chi connectivity index (χ2n) is 6.80. The molecule has 1 fully saturated rings. The van der Waals surface area contributed by atoms with Crippen molar-refractivity contribution in [3.63, 3.8) is 0 Å². The monoisotopic (exact) mass is 357 g/mol. The number of sulfonamides is 1. The number of nitrogens with zero attached hydrogens (tertiary/aromatic N) is 1. The van der Waals surface area contributed by atoms with Crippen LogP contribution in [0.4, 0.5) is 4.39 Å². The van der Waals surface area contributed by atoms with E-state index >= 15 is 0 Å². The molecule has 0 spiro atoms. The van der Waals surface area contributed by atoms with Crippen LogP contribution in [0, 0.1) is 11.2 Å². The van der Waals surface area contributed by atoms with Gasteiger partial charge in [-0.15, -0.1) is 0 Å². The van der Waals surface area contributed by atoms with E-state index < -0.39 is 15.8 Å². The van der Waals surface area contributed by atoms with E-state index in [2.05, 4.69) is 4.72 Å². The molecule has 0 radical (unpaired) electrons. The highest BCUT2D eigenvalue weighted by molar-refractivity contribution is 7.89. The molecule has 134 valence electrons. The van der Waals surface area contributed by atoms with E-state index in [0.29, 0.717) is 13.1 Å². The quantitative estimate of drug-likeness (QED) is 0.825. The van der Waals surface area contributed by atoms with Gasteiger partial charge in [-0.1, -0.05) is 13.8 Å². The summed E-state index contributed by atoms with van der Waals surface area (Å²) in [6, 6.07) is 4.60. The highest BCUT2D eigenvalue weighted by Crippen LogP contribution is 2.27. The molecule has 6 nitrogen and oxygen atoms in total. The summed E-state index contributed by atoms with van der Waals surface area (Å²) in [6.07, 6.45) is 0.811. The minimum absolute atomic E-state index is 0.00151. The summed E-state index contributed by atoms with van der Waals surface area (Å²) in [7, 11) is -3.74. The molecule has 1 aromatic rings. The van der Waals surface area contributed by atoms with E-state index in [9.17, 15) is 17.6 Å². The molecule has 2 rings (SSSR count). The number of hydrogen-bond acceptors (Lipinski definition) is 4. The molecule has 0 aliphatic carbocycles. The van der Waals surface area contributed by atoms with Gasteiger partial charge in [0.15, 0.2) is 0 Å². The molecular formula is C16H24FN3O3S. The lowest BCUT2D eigenvalue weighted by Gasteiger charge is -2.42. The van der Waals surface area contributed by atoms with E-state index in [1.54, 1.807) is 4.90 Å². The molecule has 3 N–H and O–H groups in total. The third-order valence-corrected chi connectivity index (χ3v) is 5.90. The van der Waals surface area contributed by atoms with Crippen molar-refractivity contribution in [3.05, 3.63) is 30.1 Å².